The Hall–Kier alpha value is -6.75. The first-order chi connectivity index (χ1) is 28.6. The number of hydrazine groups is 1. The lowest BCUT2D eigenvalue weighted by molar-refractivity contribution is -0.142. The third kappa shape index (κ3) is 9.87. The normalized spacial score (nSPS) is 14.7. The van der Waals surface area contributed by atoms with E-state index in [1.165, 1.54) is 10.0 Å². The van der Waals surface area contributed by atoms with E-state index in [1.54, 1.807) is 0 Å². The van der Waals surface area contributed by atoms with Crippen LogP contribution in [0.2, 0.25) is 0 Å². The van der Waals surface area contributed by atoms with Crippen LogP contribution in [0.15, 0.2) is 133 Å². The Kier molecular flexibility index (Phi) is 12.8. The van der Waals surface area contributed by atoms with Gasteiger partial charge in [-0.1, -0.05) is 139 Å². The fourth-order valence-corrected chi connectivity index (χ4v) is 8.05. The van der Waals surface area contributed by atoms with Crippen LogP contribution in [-0.2, 0) is 38.4 Å². The Bertz CT molecular complexity index is 2240. The van der Waals surface area contributed by atoms with E-state index >= 15 is 0 Å². The molecule has 1 heterocycles. The quantitative estimate of drug-likeness (QED) is 0.110. The van der Waals surface area contributed by atoms with Crippen LogP contribution >= 0.6 is 0 Å². The Morgan fingerprint density at radius 3 is 1.78 bits per heavy atom. The molecule has 4 N–H and O–H groups in total. The van der Waals surface area contributed by atoms with Crippen LogP contribution in [0.25, 0.3) is 11.1 Å². The number of urea groups is 1. The molecule has 7 rings (SSSR count). The molecule has 0 unspecified atom stereocenters. The number of nitrogens with one attached hydrogen (secondary N) is 2. The minimum absolute atomic E-state index is 0.0718. The number of hydrogen-bond donors (Lipinski definition) is 3. The van der Waals surface area contributed by atoms with Crippen molar-refractivity contribution < 1.29 is 28.7 Å². The molecule has 0 bridgehead atoms. The minimum Gasteiger partial charge on any atom is -0.449 e. The van der Waals surface area contributed by atoms with E-state index in [9.17, 15) is 24.0 Å². The van der Waals surface area contributed by atoms with Gasteiger partial charge in [0, 0.05) is 37.8 Å². The van der Waals surface area contributed by atoms with Crippen molar-refractivity contribution in [1.29, 1.82) is 0 Å². The number of rotatable bonds is 15. The number of carbonyl (C=O) groups is 5. The van der Waals surface area contributed by atoms with Gasteiger partial charge in [0.05, 0.1) is 6.04 Å². The summed E-state index contributed by atoms with van der Waals surface area (Å²) in [4.78, 5) is 68.7. The molecule has 1 aliphatic heterocycles. The number of ether oxygens (including phenoxy) is 1. The number of carbonyl (C=O) groups excluding carboxylic acids is 5. The highest BCUT2D eigenvalue weighted by molar-refractivity contribution is 5.93. The van der Waals surface area contributed by atoms with E-state index in [4.69, 9.17) is 10.5 Å². The Labute approximate surface area is 344 Å². The molecule has 0 spiro atoms. The van der Waals surface area contributed by atoms with E-state index in [0.717, 1.165) is 44.5 Å². The number of fused-ring (bicyclic) bond motifs is 3. The molecule has 2 aliphatic rings. The summed E-state index contributed by atoms with van der Waals surface area (Å²) in [7, 11) is 0. The SMILES string of the molecule is Cc1ccc(C[C@@H](NC(=O)OCC2c3ccccc3-c3ccccc32)C(=O)N2CCCN2C(=O)N[C@@H](Cc2ccccc2)C(=O)C[C@@H](Cc2ccccc2)C(N)=O)cc1. The van der Waals surface area contributed by atoms with E-state index in [0.29, 0.717) is 6.42 Å². The zero-order valence-electron chi connectivity index (χ0n) is 33.1. The number of amides is 5. The van der Waals surface area contributed by atoms with Gasteiger partial charge in [-0.05, 0) is 65.1 Å². The molecule has 11 heteroatoms. The maximum atomic E-state index is 14.5. The molecule has 0 aromatic heterocycles. The number of primary amides is 1. The summed E-state index contributed by atoms with van der Waals surface area (Å²) >= 11 is 0. The Morgan fingerprint density at radius 2 is 1.17 bits per heavy atom. The fraction of sp³-hybridized carbons (Fsp3) is 0.271. The van der Waals surface area contributed by atoms with Crippen LogP contribution < -0.4 is 16.4 Å². The zero-order chi connectivity index (χ0) is 41.3. The molecule has 1 saturated heterocycles. The molecule has 3 atom stereocenters. The van der Waals surface area contributed by atoms with Crippen molar-refractivity contribution in [2.24, 2.45) is 11.7 Å². The molecule has 59 heavy (non-hydrogen) atoms. The Balaban J connectivity index is 1.07. The standard InChI is InChI=1S/C48H49N5O6/c1-32-21-23-35(24-22-32)29-43(51-48(58)59-31-41-39-19-10-8-17-37(39)38-18-9-11-20-40(38)41)46(56)52-25-12-26-53(52)47(57)50-42(28-34-15-6-3-7-16-34)44(54)30-36(45(49)55)27-33-13-4-2-5-14-33/h2-11,13-24,36,41-43H,12,25-31H2,1H3,(H2,49,55)(H,50,57)(H,51,58)/t36-,42+,43-/m1/s1. The highest BCUT2D eigenvalue weighted by Crippen LogP contribution is 2.44. The maximum Gasteiger partial charge on any atom is 0.407 e. The van der Waals surface area contributed by atoms with E-state index in [-0.39, 0.29) is 57.1 Å². The summed E-state index contributed by atoms with van der Waals surface area (Å²) in [6.45, 7) is 2.47. The average Bonchev–Trinajstić information content (AvgIpc) is 3.87. The third-order valence-electron chi connectivity index (χ3n) is 11.2. The first-order valence-corrected chi connectivity index (χ1v) is 20.1. The van der Waals surface area contributed by atoms with Gasteiger partial charge in [-0.3, -0.25) is 14.4 Å². The number of benzene rings is 5. The molecular weight excluding hydrogens is 743 g/mol. The lowest BCUT2D eigenvalue weighted by atomic mass is 9.90. The number of aryl methyl sites for hydroxylation is 1. The highest BCUT2D eigenvalue weighted by Gasteiger charge is 2.38. The van der Waals surface area contributed by atoms with Crippen LogP contribution in [0.5, 0.6) is 0 Å². The number of hydrogen-bond acceptors (Lipinski definition) is 6. The minimum atomic E-state index is -1.07. The van der Waals surface area contributed by atoms with Gasteiger partial charge in [0.15, 0.2) is 5.78 Å². The average molecular weight is 792 g/mol. The summed E-state index contributed by atoms with van der Waals surface area (Å²) in [6.07, 6.45) is 0.165. The topological polar surface area (TPSA) is 151 Å². The van der Waals surface area contributed by atoms with Gasteiger partial charge < -0.3 is 21.1 Å². The number of alkyl carbamates (subject to hydrolysis) is 1. The molecule has 1 fully saturated rings. The molecular formula is C48H49N5O6. The second-order valence-electron chi connectivity index (χ2n) is 15.3. The van der Waals surface area contributed by atoms with Crippen LogP contribution in [-0.4, -0.2) is 71.5 Å². The number of nitrogens with zero attached hydrogens (tertiary/aromatic N) is 2. The second-order valence-corrected chi connectivity index (χ2v) is 15.3. The van der Waals surface area contributed by atoms with Crippen molar-refractivity contribution in [3.05, 3.63) is 167 Å². The van der Waals surface area contributed by atoms with Crippen LogP contribution in [0.3, 0.4) is 0 Å². The summed E-state index contributed by atoms with van der Waals surface area (Å²) in [5.74, 6) is -2.40. The number of ketones is 1. The lowest BCUT2D eigenvalue weighted by Crippen LogP contribution is -2.58. The van der Waals surface area contributed by atoms with Crippen LogP contribution in [0.1, 0.15) is 52.1 Å². The molecule has 5 aromatic carbocycles. The van der Waals surface area contributed by atoms with E-state index in [1.807, 2.05) is 128 Å². The van der Waals surface area contributed by atoms with Crippen molar-refractivity contribution in [3.63, 3.8) is 0 Å². The third-order valence-corrected chi connectivity index (χ3v) is 11.2. The molecule has 0 radical (unpaired) electrons. The predicted molar refractivity (Wildman–Crippen MR) is 225 cm³/mol. The van der Waals surface area contributed by atoms with Crippen molar-refractivity contribution in [3.8, 4) is 11.1 Å². The molecule has 5 aromatic rings. The lowest BCUT2D eigenvalue weighted by Gasteiger charge is -2.32. The maximum absolute atomic E-state index is 14.5. The smallest absolute Gasteiger partial charge is 0.407 e. The van der Waals surface area contributed by atoms with Gasteiger partial charge >= 0.3 is 12.1 Å². The van der Waals surface area contributed by atoms with E-state index < -0.39 is 41.9 Å². The zero-order valence-corrected chi connectivity index (χ0v) is 33.1. The number of Topliss-reactive ketones (excluding diaryl/α,β-unsaturated/α-hetero) is 1. The fourth-order valence-electron chi connectivity index (χ4n) is 8.05. The molecule has 1 aliphatic carbocycles. The summed E-state index contributed by atoms with van der Waals surface area (Å²) in [6, 6.07) is 39.7. The van der Waals surface area contributed by atoms with Gasteiger partial charge in [-0.15, -0.1) is 0 Å². The van der Waals surface area contributed by atoms with Crippen LogP contribution in [0.4, 0.5) is 9.59 Å². The van der Waals surface area contributed by atoms with Crippen molar-refractivity contribution in [1.82, 2.24) is 20.7 Å². The van der Waals surface area contributed by atoms with Gasteiger partial charge in [0.1, 0.15) is 12.6 Å². The first kappa shape index (κ1) is 40.4. The molecule has 5 amide bonds. The van der Waals surface area contributed by atoms with E-state index in [2.05, 4.69) is 22.8 Å². The van der Waals surface area contributed by atoms with Gasteiger partial charge in [-0.25, -0.2) is 19.6 Å². The summed E-state index contributed by atoms with van der Waals surface area (Å²) < 4.78 is 5.85. The molecule has 11 nitrogen and oxygen atoms in total. The monoisotopic (exact) mass is 791 g/mol. The van der Waals surface area contributed by atoms with Crippen molar-refractivity contribution >= 4 is 29.7 Å². The van der Waals surface area contributed by atoms with Gasteiger partial charge in [-0.2, -0.15) is 0 Å². The van der Waals surface area contributed by atoms with Gasteiger partial charge in [0.2, 0.25) is 5.91 Å². The number of nitrogens with two attached hydrogens (primary N) is 1. The summed E-state index contributed by atoms with van der Waals surface area (Å²) in [5, 5.41) is 8.34. The van der Waals surface area contributed by atoms with Crippen LogP contribution in [0, 0.1) is 12.8 Å². The Morgan fingerprint density at radius 1 is 0.644 bits per heavy atom. The van der Waals surface area contributed by atoms with Crippen molar-refractivity contribution in [2.45, 2.75) is 57.0 Å². The molecule has 0 saturated carbocycles. The van der Waals surface area contributed by atoms with Crippen molar-refractivity contribution in [2.75, 3.05) is 19.7 Å². The largest absolute Gasteiger partial charge is 0.449 e. The summed E-state index contributed by atoms with van der Waals surface area (Å²) in [5.41, 5.74) is 13.7. The van der Waals surface area contributed by atoms with Gasteiger partial charge in [0.25, 0.3) is 5.91 Å². The molecule has 302 valence electrons. The predicted octanol–water partition coefficient (Wildman–Crippen LogP) is 6.52. The first-order valence-electron chi connectivity index (χ1n) is 20.1. The second kappa shape index (κ2) is 18.7. The highest BCUT2D eigenvalue weighted by atomic mass is 16.5.